The maximum Gasteiger partial charge on any atom is 0.245 e. The molecule has 0 aliphatic carbocycles. The van der Waals surface area contributed by atoms with Gasteiger partial charge in [0.25, 0.3) is 0 Å². The van der Waals surface area contributed by atoms with E-state index >= 15 is 0 Å². The van der Waals surface area contributed by atoms with Crippen molar-refractivity contribution in [3.8, 4) is 11.5 Å². The number of hydrazone groups is 1. The Morgan fingerprint density at radius 3 is 2.64 bits per heavy atom. The van der Waals surface area contributed by atoms with Crippen molar-refractivity contribution in [3.63, 3.8) is 0 Å². The van der Waals surface area contributed by atoms with Gasteiger partial charge in [-0.25, -0.2) is 5.43 Å². The van der Waals surface area contributed by atoms with E-state index in [1.807, 2.05) is 55.5 Å². The predicted molar refractivity (Wildman–Crippen MR) is 141 cm³/mol. The number of ether oxygens (including phenoxy) is 2. The predicted octanol–water partition coefficient (Wildman–Crippen LogP) is 5.47. The summed E-state index contributed by atoms with van der Waals surface area (Å²) in [6.45, 7) is 3.06. The molecule has 1 N–H and O–H groups in total. The molecule has 186 valence electrons. The lowest BCUT2D eigenvalue weighted by Gasteiger charge is -2.17. The SMILES string of the molecule is CCOc1ccc(N2C[C@@H](C(=O)N/N=C\c3cccc(OCc4ccc(Cl)cc4Cl)c3)CC2=O)cc1. The first-order chi connectivity index (χ1) is 17.4. The number of hydrogen-bond acceptors (Lipinski definition) is 5. The van der Waals surface area contributed by atoms with Crippen LogP contribution < -0.4 is 19.8 Å². The molecule has 1 atom stereocenters. The van der Waals surface area contributed by atoms with Crippen LogP contribution in [0.2, 0.25) is 10.0 Å². The van der Waals surface area contributed by atoms with Crippen LogP contribution in [0.3, 0.4) is 0 Å². The van der Waals surface area contributed by atoms with Gasteiger partial charge in [0, 0.05) is 34.3 Å². The molecular weight excluding hydrogens is 501 g/mol. The molecule has 9 heteroatoms. The molecule has 2 amide bonds. The number of benzene rings is 3. The zero-order valence-corrected chi connectivity index (χ0v) is 21.1. The second-order valence-corrected chi connectivity index (χ2v) is 9.01. The first-order valence-electron chi connectivity index (χ1n) is 11.5. The summed E-state index contributed by atoms with van der Waals surface area (Å²) in [5.74, 6) is 0.468. The largest absolute Gasteiger partial charge is 0.494 e. The highest BCUT2D eigenvalue weighted by Crippen LogP contribution is 2.27. The lowest BCUT2D eigenvalue weighted by atomic mass is 10.1. The molecule has 4 rings (SSSR count). The summed E-state index contributed by atoms with van der Waals surface area (Å²) >= 11 is 12.1. The van der Waals surface area contributed by atoms with Crippen LogP contribution in [0.5, 0.6) is 11.5 Å². The molecule has 1 aliphatic rings. The molecule has 0 aromatic heterocycles. The van der Waals surface area contributed by atoms with E-state index in [2.05, 4.69) is 10.5 Å². The van der Waals surface area contributed by atoms with E-state index in [0.29, 0.717) is 28.9 Å². The van der Waals surface area contributed by atoms with Crippen LogP contribution in [-0.2, 0) is 16.2 Å². The van der Waals surface area contributed by atoms with Crippen LogP contribution >= 0.6 is 23.2 Å². The average Bonchev–Trinajstić information content (AvgIpc) is 3.26. The fourth-order valence-corrected chi connectivity index (χ4v) is 4.23. The highest BCUT2D eigenvalue weighted by atomic mass is 35.5. The van der Waals surface area contributed by atoms with Crippen LogP contribution in [0.4, 0.5) is 5.69 Å². The summed E-state index contributed by atoms with van der Waals surface area (Å²) in [6, 6.07) is 19.8. The smallest absolute Gasteiger partial charge is 0.245 e. The van der Waals surface area contributed by atoms with E-state index in [4.69, 9.17) is 32.7 Å². The number of anilines is 1. The van der Waals surface area contributed by atoms with Gasteiger partial charge in [0.2, 0.25) is 11.8 Å². The van der Waals surface area contributed by atoms with Gasteiger partial charge in [-0.2, -0.15) is 5.10 Å². The molecule has 7 nitrogen and oxygen atoms in total. The van der Waals surface area contributed by atoms with Crippen molar-refractivity contribution >= 4 is 46.9 Å². The van der Waals surface area contributed by atoms with Gasteiger partial charge in [-0.3, -0.25) is 9.59 Å². The molecule has 1 fully saturated rings. The van der Waals surface area contributed by atoms with Gasteiger partial charge >= 0.3 is 0 Å². The quantitative estimate of drug-likeness (QED) is 0.296. The normalized spacial score (nSPS) is 15.4. The minimum atomic E-state index is -0.486. The van der Waals surface area contributed by atoms with Gasteiger partial charge in [0.15, 0.2) is 0 Å². The van der Waals surface area contributed by atoms with Gasteiger partial charge in [0.1, 0.15) is 18.1 Å². The third-order valence-corrected chi connectivity index (χ3v) is 6.20. The fraction of sp³-hybridized carbons (Fsp3) is 0.222. The second kappa shape index (κ2) is 11.9. The summed E-state index contributed by atoms with van der Waals surface area (Å²) in [4.78, 5) is 26.7. The summed E-state index contributed by atoms with van der Waals surface area (Å²) in [5.41, 5.74) is 4.84. The minimum Gasteiger partial charge on any atom is -0.494 e. The van der Waals surface area contributed by atoms with Crippen LogP contribution in [-0.4, -0.2) is 31.2 Å². The van der Waals surface area contributed by atoms with Gasteiger partial charge in [-0.05, 0) is 61.0 Å². The topological polar surface area (TPSA) is 80.2 Å². The summed E-state index contributed by atoms with van der Waals surface area (Å²) in [6.07, 6.45) is 1.66. The van der Waals surface area contributed by atoms with Crippen molar-refractivity contribution in [2.45, 2.75) is 20.0 Å². The van der Waals surface area contributed by atoms with Crippen LogP contribution in [0, 0.1) is 5.92 Å². The van der Waals surface area contributed by atoms with Crippen LogP contribution in [0.1, 0.15) is 24.5 Å². The zero-order valence-electron chi connectivity index (χ0n) is 19.6. The highest BCUT2D eigenvalue weighted by molar-refractivity contribution is 6.35. The molecule has 0 bridgehead atoms. The number of amides is 2. The van der Waals surface area contributed by atoms with Crippen molar-refractivity contribution in [1.82, 2.24) is 5.43 Å². The number of nitrogens with zero attached hydrogens (tertiary/aromatic N) is 2. The number of nitrogens with one attached hydrogen (secondary N) is 1. The van der Waals surface area contributed by atoms with Gasteiger partial charge in [-0.1, -0.05) is 41.4 Å². The number of hydrogen-bond donors (Lipinski definition) is 1. The first kappa shape index (κ1) is 25.5. The van der Waals surface area contributed by atoms with Gasteiger partial charge < -0.3 is 14.4 Å². The summed E-state index contributed by atoms with van der Waals surface area (Å²) in [7, 11) is 0. The first-order valence-corrected chi connectivity index (χ1v) is 12.2. The van der Waals surface area contributed by atoms with Gasteiger partial charge in [-0.15, -0.1) is 0 Å². The lowest BCUT2D eigenvalue weighted by Crippen LogP contribution is -2.30. The van der Waals surface area contributed by atoms with Gasteiger partial charge in [0.05, 0.1) is 18.7 Å². The highest BCUT2D eigenvalue weighted by Gasteiger charge is 2.35. The van der Waals surface area contributed by atoms with E-state index < -0.39 is 5.92 Å². The second-order valence-electron chi connectivity index (χ2n) is 8.16. The number of carbonyl (C=O) groups is 2. The average molecular weight is 526 g/mol. The molecule has 0 radical (unpaired) electrons. The molecular formula is C27H25Cl2N3O4. The van der Waals surface area contributed by atoms with E-state index in [-0.39, 0.29) is 24.8 Å². The Bertz CT molecular complexity index is 1260. The molecule has 0 unspecified atom stereocenters. The van der Waals surface area contributed by atoms with Crippen molar-refractivity contribution < 1.29 is 19.1 Å². The Hall–Kier alpha value is -3.55. The molecule has 1 heterocycles. The number of rotatable bonds is 9. The van der Waals surface area contributed by atoms with Crippen molar-refractivity contribution in [2.75, 3.05) is 18.1 Å². The molecule has 0 saturated carbocycles. The van der Waals surface area contributed by atoms with Crippen LogP contribution in [0.15, 0.2) is 71.8 Å². The molecule has 36 heavy (non-hydrogen) atoms. The Morgan fingerprint density at radius 1 is 1.08 bits per heavy atom. The minimum absolute atomic E-state index is 0.103. The monoisotopic (exact) mass is 525 g/mol. The summed E-state index contributed by atoms with van der Waals surface area (Å²) in [5, 5.41) is 5.16. The summed E-state index contributed by atoms with van der Waals surface area (Å²) < 4.78 is 11.3. The Kier molecular flexibility index (Phi) is 8.46. The van der Waals surface area contributed by atoms with Crippen molar-refractivity contribution in [2.24, 2.45) is 11.0 Å². The van der Waals surface area contributed by atoms with E-state index in [1.54, 1.807) is 23.1 Å². The number of halogens is 2. The third-order valence-electron chi connectivity index (χ3n) is 5.61. The standard InChI is InChI=1S/C27H25Cl2N3O4/c1-2-35-23-10-8-22(9-11-23)32-16-20(13-26(32)33)27(34)31-30-15-18-4-3-5-24(12-18)36-17-19-6-7-21(28)14-25(19)29/h3-12,14-15,20H,2,13,16-17H2,1H3,(H,31,34)/b30-15-/t20-/m0/s1. The van der Waals surface area contributed by atoms with Crippen LogP contribution in [0.25, 0.3) is 0 Å². The van der Waals surface area contributed by atoms with Crippen molar-refractivity contribution in [1.29, 1.82) is 0 Å². The maximum atomic E-state index is 12.6. The molecule has 3 aromatic carbocycles. The lowest BCUT2D eigenvalue weighted by molar-refractivity contribution is -0.126. The molecule has 1 aliphatic heterocycles. The van der Waals surface area contributed by atoms with E-state index in [0.717, 1.165) is 22.6 Å². The fourth-order valence-electron chi connectivity index (χ4n) is 3.77. The van der Waals surface area contributed by atoms with E-state index in [1.165, 1.54) is 6.21 Å². The maximum absolute atomic E-state index is 12.6. The third kappa shape index (κ3) is 6.56. The number of carbonyl (C=O) groups excluding carboxylic acids is 2. The van der Waals surface area contributed by atoms with Crippen molar-refractivity contribution in [3.05, 3.63) is 87.9 Å². The molecule has 1 saturated heterocycles. The molecule has 3 aromatic rings. The Balaban J connectivity index is 1.30. The Labute approximate surface area is 219 Å². The van der Waals surface area contributed by atoms with E-state index in [9.17, 15) is 9.59 Å². The Morgan fingerprint density at radius 2 is 1.89 bits per heavy atom. The zero-order chi connectivity index (χ0) is 25.5. The molecule has 0 spiro atoms.